The molecule has 0 saturated carbocycles. The number of halogens is 1. The highest BCUT2D eigenvalue weighted by Gasteiger charge is 2.18. The van der Waals surface area contributed by atoms with Crippen LogP contribution in [0, 0.1) is 20.8 Å². The van der Waals surface area contributed by atoms with Crippen molar-refractivity contribution in [3.8, 4) is 5.75 Å². The summed E-state index contributed by atoms with van der Waals surface area (Å²) in [5.74, 6) is -0.0290. The number of carbonyl (C=O) groups excluding carboxylic acids is 1. The summed E-state index contributed by atoms with van der Waals surface area (Å²) in [4.78, 5) is 24.9. The Balaban J connectivity index is 2.47. The van der Waals surface area contributed by atoms with Gasteiger partial charge in [0.1, 0.15) is 11.3 Å². The number of pyridine rings is 1. The van der Waals surface area contributed by atoms with Gasteiger partial charge in [-0.15, -0.1) is 0 Å². The van der Waals surface area contributed by atoms with E-state index in [1.54, 1.807) is 32.2 Å². The van der Waals surface area contributed by atoms with Crippen molar-refractivity contribution in [1.29, 1.82) is 0 Å². The lowest BCUT2D eigenvalue weighted by Crippen LogP contribution is -2.30. The Labute approximate surface area is 139 Å². The zero-order valence-corrected chi connectivity index (χ0v) is 14.5. The first-order valence-electron chi connectivity index (χ1n) is 7.09. The fourth-order valence-corrected chi connectivity index (χ4v) is 2.52. The fraction of sp³-hybridized carbons (Fsp3) is 0.294. The molecule has 0 aliphatic carbocycles. The van der Waals surface area contributed by atoms with Crippen molar-refractivity contribution in [1.82, 2.24) is 4.57 Å². The average molecular weight is 335 g/mol. The van der Waals surface area contributed by atoms with Crippen LogP contribution in [-0.4, -0.2) is 17.6 Å². The standard InChI is InChI=1S/C17H19ClN2O3/c1-9-7-13(14(23-5)8-12(9)18)19-16(21)15-10(2)6-11(3)20(4)17(15)22/h6-8H,1-5H3,(H,19,21). The molecule has 1 N–H and O–H groups in total. The third-order valence-electron chi connectivity index (χ3n) is 3.82. The SMILES string of the molecule is COc1cc(Cl)c(C)cc1NC(=O)c1c(C)cc(C)n(C)c1=O. The third kappa shape index (κ3) is 3.24. The second-order valence-electron chi connectivity index (χ2n) is 5.46. The molecule has 0 spiro atoms. The van der Waals surface area contributed by atoms with Crippen molar-refractivity contribution in [2.75, 3.05) is 12.4 Å². The van der Waals surface area contributed by atoms with Crippen LogP contribution in [0.4, 0.5) is 5.69 Å². The molecular weight excluding hydrogens is 316 g/mol. The van der Waals surface area contributed by atoms with Crippen molar-refractivity contribution < 1.29 is 9.53 Å². The van der Waals surface area contributed by atoms with Gasteiger partial charge in [-0.25, -0.2) is 0 Å². The summed E-state index contributed by atoms with van der Waals surface area (Å²) in [5, 5.41) is 3.28. The van der Waals surface area contributed by atoms with E-state index in [1.165, 1.54) is 11.7 Å². The number of carbonyl (C=O) groups is 1. The third-order valence-corrected chi connectivity index (χ3v) is 4.23. The molecule has 23 heavy (non-hydrogen) atoms. The van der Waals surface area contributed by atoms with Crippen LogP contribution in [0.25, 0.3) is 0 Å². The number of ether oxygens (including phenoxy) is 1. The molecule has 0 atom stereocenters. The van der Waals surface area contributed by atoms with Crippen molar-refractivity contribution in [3.63, 3.8) is 0 Å². The molecule has 2 rings (SSSR count). The molecule has 0 aliphatic heterocycles. The van der Waals surface area contributed by atoms with Crippen molar-refractivity contribution in [3.05, 3.63) is 56.0 Å². The van der Waals surface area contributed by atoms with Gasteiger partial charge in [0.05, 0.1) is 12.8 Å². The Morgan fingerprint density at radius 2 is 1.83 bits per heavy atom. The Morgan fingerprint density at radius 3 is 2.43 bits per heavy atom. The molecular formula is C17H19ClN2O3. The largest absolute Gasteiger partial charge is 0.495 e. The topological polar surface area (TPSA) is 60.3 Å². The maximum atomic E-state index is 12.6. The molecule has 1 amide bonds. The summed E-state index contributed by atoms with van der Waals surface area (Å²) in [6.45, 7) is 5.39. The predicted octanol–water partition coefficient (Wildman–Crippen LogP) is 3.22. The van der Waals surface area contributed by atoms with Gasteiger partial charge in [-0.05, 0) is 44.0 Å². The van der Waals surface area contributed by atoms with Gasteiger partial charge >= 0.3 is 0 Å². The number of anilines is 1. The van der Waals surface area contributed by atoms with Crippen molar-refractivity contribution in [2.45, 2.75) is 20.8 Å². The van der Waals surface area contributed by atoms with E-state index in [-0.39, 0.29) is 11.1 Å². The number of nitrogens with one attached hydrogen (secondary N) is 1. The van der Waals surface area contributed by atoms with Gasteiger partial charge in [0.2, 0.25) is 0 Å². The summed E-state index contributed by atoms with van der Waals surface area (Å²) in [6.07, 6.45) is 0. The first kappa shape index (κ1) is 17.1. The molecule has 1 heterocycles. The minimum atomic E-state index is -0.469. The molecule has 1 aromatic heterocycles. The first-order chi connectivity index (χ1) is 10.8. The van der Waals surface area contributed by atoms with Gasteiger partial charge < -0.3 is 14.6 Å². The molecule has 0 aliphatic rings. The number of benzene rings is 1. The quantitative estimate of drug-likeness (QED) is 0.937. The number of amides is 1. The minimum absolute atomic E-state index is 0.118. The zero-order valence-electron chi connectivity index (χ0n) is 13.8. The van der Waals surface area contributed by atoms with Crippen LogP contribution >= 0.6 is 11.6 Å². The number of aromatic nitrogens is 1. The Morgan fingerprint density at radius 1 is 1.17 bits per heavy atom. The smallest absolute Gasteiger partial charge is 0.263 e. The minimum Gasteiger partial charge on any atom is -0.495 e. The molecule has 5 nitrogen and oxygen atoms in total. The molecule has 2 aromatic rings. The van der Waals surface area contributed by atoms with Gasteiger partial charge in [-0.3, -0.25) is 9.59 Å². The van der Waals surface area contributed by atoms with E-state index in [9.17, 15) is 9.59 Å². The highest BCUT2D eigenvalue weighted by Crippen LogP contribution is 2.31. The van der Waals surface area contributed by atoms with Crippen molar-refractivity contribution in [2.24, 2.45) is 7.05 Å². The maximum absolute atomic E-state index is 12.6. The van der Waals surface area contributed by atoms with Crippen LogP contribution in [0.15, 0.2) is 23.0 Å². The van der Waals surface area contributed by atoms with Gasteiger partial charge in [0.25, 0.3) is 11.5 Å². The van der Waals surface area contributed by atoms with Crippen LogP contribution in [0.5, 0.6) is 5.75 Å². The summed E-state index contributed by atoms with van der Waals surface area (Å²) < 4.78 is 6.69. The number of hydrogen-bond donors (Lipinski definition) is 1. The van der Waals surface area contributed by atoms with Crippen LogP contribution in [0.1, 0.15) is 27.2 Å². The summed E-state index contributed by atoms with van der Waals surface area (Å²) in [7, 11) is 3.13. The lowest BCUT2D eigenvalue weighted by atomic mass is 10.1. The normalized spacial score (nSPS) is 10.5. The van der Waals surface area contributed by atoms with E-state index in [1.807, 2.05) is 13.8 Å². The monoisotopic (exact) mass is 334 g/mol. The van der Waals surface area contributed by atoms with Crippen LogP contribution in [-0.2, 0) is 7.05 Å². The Bertz CT molecular complexity index is 841. The fourth-order valence-electron chi connectivity index (χ4n) is 2.37. The Hall–Kier alpha value is -2.27. The van der Waals surface area contributed by atoms with E-state index < -0.39 is 5.91 Å². The molecule has 1 aromatic carbocycles. The molecule has 6 heteroatoms. The highest BCUT2D eigenvalue weighted by molar-refractivity contribution is 6.31. The summed E-state index contributed by atoms with van der Waals surface area (Å²) in [6, 6.07) is 5.15. The van der Waals surface area contributed by atoms with Crippen LogP contribution < -0.4 is 15.6 Å². The van der Waals surface area contributed by atoms with E-state index in [0.29, 0.717) is 22.0 Å². The second kappa shape index (κ2) is 6.46. The average Bonchev–Trinajstić information content (AvgIpc) is 2.48. The molecule has 0 saturated heterocycles. The maximum Gasteiger partial charge on any atom is 0.263 e. The number of aryl methyl sites for hydroxylation is 3. The van der Waals surface area contributed by atoms with Gasteiger partial charge in [0, 0.05) is 23.8 Å². The number of nitrogens with zero attached hydrogens (tertiary/aromatic N) is 1. The van der Waals surface area contributed by atoms with Gasteiger partial charge in [0.15, 0.2) is 0 Å². The number of hydrogen-bond acceptors (Lipinski definition) is 3. The lowest BCUT2D eigenvalue weighted by Gasteiger charge is -2.14. The Kier molecular flexibility index (Phi) is 4.80. The molecule has 0 radical (unpaired) electrons. The highest BCUT2D eigenvalue weighted by atomic mass is 35.5. The van der Waals surface area contributed by atoms with E-state index in [4.69, 9.17) is 16.3 Å². The molecule has 122 valence electrons. The van der Waals surface area contributed by atoms with Crippen LogP contribution in [0.3, 0.4) is 0 Å². The number of methoxy groups -OCH3 is 1. The lowest BCUT2D eigenvalue weighted by molar-refractivity contribution is 0.102. The summed E-state index contributed by atoms with van der Waals surface area (Å²) >= 11 is 6.06. The van der Waals surface area contributed by atoms with Crippen molar-refractivity contribution >= 4 is 23.2 Å². The molecule has 0 unspecified atom stereocenters. The van der Waals surface area contributed by atoms with Gasteiger partial charge in [-0.2, -0.15) is 0 Å². The van der Waals surface area contributed by atoms with Gasteiger partial charge in [-0.1, -0.05) is 11.6 Å². The summed E-state index contributed by atoms with van der Waals surface area (Å²) in [5.41, 5.74) is 2.49. The zero-order chi connectivity index (χ0) is 17.3. The van der Waals surface area contributed by atoms with E-state index in [2.05, 4.69) is 5.32 Å². The predicted molar refractivity (Wildman–Crippen MR) is 91.9 cm³/mol. The molecule has 0 fully saturated rings. The molecule has 0 bridgehead atoms. The van der Waals surface area contributed by atoms with E-state index in [0.717, 1.165) is 11.3 Å². The first-order valence-corrected chi connectivity index (χ1v) is 7.46. The van der Waals surface area contributed by atoms with Crippen LogP contribution in [0.2, 0.25) is 5.02 Å². The second-order valence-corrected chi connectivity index (χ2v) is 5.87. The van der Waals surface area contributed by atoms with E-state index >= 15 is 0 Å². The number of rotatable bonds is 3.